The summed E-state index contributed by atoms with van der Waals surface area (Å²) in [4.78, 5) is 14.7. The van der Waals surface area contributed by atoms with Crippen LogP contribution in [0.15, 0.2) is 25.1 Å². The van der Waals surface area contributed by atoms with Gasteiger partial charge in [-0.05, 0) is 0 Å². The lowest BCUT2D eigenvalue weighted by molar-refractivity contribution is 0.473. The molecule has 13 heavy (non-hydrogen) atoms. The number of nitrogens with zero attached hydrogens (tertiary/aromatic N) is 3. The van der Waals surface area contributed by atoms with Crippen molar-refractivity contribution >= 4 is 17.0 Å². The Kier molecular flexibility index (Phi) is 1.79. The Hall–Kier alpha value is -2.11. The molecule has 0 aromatic carbocycles. The molecule has 2 rings (SSSR count). The van der Waals surface area contributed by atoms with Crippen molar-refractivity contribution in [3.05, 3.63) is 25.1 Å². The van der Waals surface area contributed by atoms with Crippen molar-refractivity contribution in [2.75, 3.05) is 5.32 Å². The number of aliphatic hydroxyl groups excluding tert-OH is 1. The molecule has 6 heteroatoms. The first-order chi connectivity index (χ1) is 6.42. The number of aliphatic hydroxyl groups is 1. The van der Waals surface area contributed by atoms with Crippen LogP contribution < -0.4 is 5.32 Å². The second-order valence-corrected chi connectivity index (χ2v) is 2.28. The van der Waals surface area contributed by atoms with Crippen LogP contribution in [0, 0.1) is 0 Å². The largest absolute Gasteiger partial charge is 0.514 e. The maximum atomic E-state index is 8.44. The highest BCUT2D eigenvalue weighted by Crippen LogP contribution is 2.13. The second-order valence-electron chi connectivity index (χ2n) is 2.28. The van der Waals surface area contributed by atoms with E-state index in [4.69, 9.17) is 5.11 Å². The summed E-state index contributed by atoms with van der Waals surface area (Å²) in [6.45, 7) is 0. The number of nitrogens with one attached hydrogen (secondary N) is 2. The Morgan fingerprint density at radius 1 is 1.38 bits per heavy atom. The summed E-state index contributed by atoms with van der Waals surface area (Å²) < 4.78 is 0. The number of imidazole rings is 1. The van der Waals surface area contributed by atoms with E-state index < -0.39 is 0 Å². The van der Waals surface area contributed by atoms with Gasteiger partial charge in [-0.15, -0.1) is 0 Å². The molecule has 0 saturated carbocycles. The zero-order chi connectivity index (χ0) is 9.10. The molecule has 0 atom stereocenters. The van der Waals surface area contributed by atoms with Gasteiger partial charge in [0.2, 0.25) is 0 Å². The van der Waals surface area contributed by atoms with Crippen molar-refractivity contribution < 1.29 is 5.11 Å². The number of aromatic amines is 1. The fraction of sp³-hybridized carbons (Fsp3) is 0. The van der Waals surface area contributed by atoms with Gasteiger partial charge < -0.3 is 15.4 Å². The molecule has 0 amide bonds. The Morgan fingerprint density at radius 3 is 3.15 bits per heavy atom. The smallest absolute Gasteiger partial charge is 0.182 e. The van der Waals surface area contributed by atoms with Crippen LogP contribution in [0.5, 0.6) is 0 Å². The molecular formula is C7H7N5O. The van der Waals surface area contributed by atoms with Crippen LogP contribution in [0.4, 0.5) is 5.82 Å². The molecule has 2 aromatic rings. The number of fused-ring (bicyclic) bond motifs is 1. The molecule has 6 nitrogen and oxygen atoms in total. The van der Waals surface area contributed by atoms with Gasteiger partial charge in [-0.25, -0.2) is 15.0 Å². The Bertz CT molecular complexity index is 435. The summed E-state index contributed by atoms with van der Waals surface area (Å²) in [6.07, 6.45) is 5.19. The summed E-state index contributed by atoms with van der Waals surface area (Å²) in [5.41, 5.74) is 1.30. The quantitative estimate of drug-likeness (QED) is 0.590. The number of anilines is 1. The van der Waals surface area contributed by atoms with Gasteiger partial charge in [-0.2, -0.15) is 0 Å². The molecule has 66 valence electrons. The van der Waals surface area contributed by atoms with Crippen LogP contribution in [-0.2, 0) is 0 Å². The summed E-state index contributed by atoms with van der Waals surface area (Å²) in [5.74, 6) is 0.577. The van der Waals surface area contributed by atoms with Gasteiger partial charge in [-0.1, -0.05) is 0 Å². The summed E-state index contributed by atoms with van der Waals surface area (Å²) in [6, 6.07) is 0. The van der Waals surface area contributed by atoms with Gasteiger partial charge in [0.05, 0.1) is 12.6 Å². The van der Waals surface area contributed by atoms with E-state index >= 15 is 0 Å². The summed E-state index contributed by atoms with van der Waals surface area (Å²) >= 11 is 0. The zero-order valence-corrected chi connectivity index (χ0v) is 6.60. The molecule has 0 aliphatic heterocycles. The standard InChI is InChI=1S/C7H7N5O/c13-2-1-8-6-5-7(10-3-9-5)12-4-11-6/h1-4,13H,(H2,8,9,10,11,12). The predicted molar refractivity (Wildman–Crippen MR) is 47.1 cm³/mol. The van der Waals surface area contributed by atoms with Crippen molar-refractivity contribution in [3.63, 3.8) is 0 Å². The molecule has 0 unspecified atom stereocenters. The topological polar surface area (TPSA) is 86.7 Å². The number of aromatic nitrogens is 4. The SMILES string of the molecule is OC=CNc1ncnc2nc[nH]c12. The first-order valence-electron chi connectivity index (χ1n) is 3.61. The van der Waals surface area contributed by atoms with Crippen molar-refractivity contribution in [2.24, 2.45) is 0 Å². The summed E-state index contributed by atoms with van der Waals surface area (Å²) in [5, 5.41) is 11.2. The van der Waals surface area contributed by atoms with E-state index in [0.717, 1.165) is 6.26 Å². The molecule has 0 saturated heterocycles. The van der Waals surface area contributed by atoms with E-state index in [9.17, 15) is 0 Å². The third kappa shape index (κ3) is 1.28. The van der Waals surface area contributed by atoms with Crippen LogP contribution in [-0.4, -0.2) is 25.0 Å². The highest BCUT2D eigenvalue weighted by molar-refractivity contribution is 5.82. The third-order valence-electron chi connectivity index (χ3n) is 1.52. The molecule has 0 radical (unpaired) electrons. The fourth-order valence-electron chi connectivity index (χ4n) is 0.991. The monoisotopic (exact) mass is 177 g/mol. The van der Waals surface area contributed by atoms with Crippen LogP contribution in [0.25, 0.3) is 11.2 Å². The maximum Gasteiger partial charge on any atom is 0.182 e. The minimum absolute atomic E-state index is 0.577. The number of hydrogen-bond donors (Lipinski definition) is 3. The second kappa shape index (κ2) is 3.10. The van der Waals surface area contributed by atoms with Crippen molar-refractivity contribution in [2.45, 2.75) is 0 Å². The Labute approximate surface area is 73.4 Å². The normalized spacial score (nSPS) is 11.1. The van der Waals surface area contributed by atoms with E-state index in [1.807, 2.05) is 0 Å². The number of rotatable bonds is 2. The van der Waals surface area contributed by atoms with Gasteiger partial charge in [-0.3, -0.25) is 0 Å². The molecule has 0 aliphatic rings. The number of H-pyrrole nitrogens is 1. The minimum atomic E-state index is 0.577. The van der Waals surface area contributed by atoms with Crippen molar-refractivity contribution in [1.82, 2.24) is 19.9 Å². The molecule has 3 N–H and O–H groups in total. The van der Waals surface area contributed by atoms with Crippen LogP contribution in [0.2, 0.25) is 0 Å². The van der Waals surface area contributed by atoms with E-state index in [2.05, 4.69) is 25.3 Å². The first-order valence-corrected chi connectivity index (χ1v) is 3.61. The average molecular weight is 177 g/mol. The van der Waals surface area contributed by atoms with Gasteiger partial charge in [0.15, 0.2) is 11.5 Å². The van der Waals surface area contributed by atoms with E-state index in [1.165, 1.54) is 18.9 Å². The van der Waals surface area contributed by atoms with Gasteiger partial charge in [0.1, 0.15) is 11.8 Å². The van der Waals surface area contributed by atoms with Gasteiger partial charge in [0.25, 0.3) is 0 Å². The van der Waals surface area contributed by atoms with E-state index in [1.54, 1.807) is 0 Å². The molecular weight excluding hydrogens is 170 g/mol. The fourth-order valence-corrected chi connectivity index (χ4v) is 0.991. The highest BCUT2D eigenvalue weighted by atomic mass is 16.2. The Balaban J connectivity index is 2.48. The molecule has 0 fully saturated rings. The lowest BCUT2D eigenvalue weighted by Gasteiger charge is -1.98. The molecule has 0 spiro atoms. The average Bonchev–Trinajstić information content (AvgIpc) is 2.62. The van der Waals surface area contributed by atoms with Crippen molar-refractivity contribution in [3.8, 4) is 0 Å². The summed E-state index contributed by atoms with van der Waals surface area (Å²) in [7, 11) is 0. The molecule has 2 heterocycles. The predicted octanol–water partition coefficient (Wildman–Crippen LogP) is 0.794. The minimum Gasteiger partial charge on any atom is -0.514 e. The zero-order valence-electron chi connectivity index (χ0n) is 6.60. The van der Waals surface area contributed by atoms with Gasteiger partial charge >= 0.3 is 0 Å². The molecule has 0 bridgehead atoms. The highest BCUT2D eigenvalue weighted by Gasteiger charge is 2.02. The number of hydrogen-bond acceptors (Lipinski definition) is 5. The van der Waals surface area contributed by atoms with Crippen LogP contribution in [0.3, 0.4) is 0 Å². The molecule has 0 aliphatic carbocycles. The Morgan fingerprint density at radius 2 is 2.31 bits per heavy atom. The lowest BCUT2D eigenvalue weighted by Crippen LogP contribution is -1.93. The van der Waals surface area contributed by atoms with Crippen LogP contribution >= 0.6 is 0 Å². The van der Waals surface area contributed by atoms with Crippen molar-refractivity contribution in [1.29, 1.82) is 0 Å². The maximum absolute atomic E-state index is 8.44. The van der Waals surface area contributed by atoms with E-state index in [-0.39, 0.29) is 0 Å². The van der Waals surface area contributed by atoms with E-state index in [0.29, 0.717) is 17.0 Å². The van der Waals surface area contributed by atoms with Crippen LogP contribution in [0.1, 0.15) is 0 Å². The molecule has 2 aromatic heterocycles. The van der Waals surface area contributed by atoms with Gasteiger partial charge in [0, 0.05) is 6.20 Å². The first kappa shape index (κ1) is 7.53. The third-order valence-corrected chi connectivity index (χ3v) is 1.52. The lowest BCUT2D eigenvalue weighted by atomic mass is 10.5.